The van der Waals surface area contributed by atoms with Crippen molar-refractivity contribution in [2.24, 2.45) is 5.92 Å². The number of rotatable bonds is 4. The number of carbonyl (C=O) groups excluding carboxylic acids is 1. The summed E-state index contributed by atoms with van der Waals surface area (Å²) in [5.74, 6) is 0.946. The molecule has 4 rings (SSSR count). The lowest BCUT2D eigenvalue weighted by Gasteiger charge is -2.47. The summed E-state index contributed by atoms with van der Waals surface area (Å²) in [7, 11) is 2.26. The lowest BCUT2D eigenvalue weighted by molar-refractivity contribution is 0.0508. The number of piperidine rings is 2. The molecule has 0 aromatic rings. The molecule has 3 heterocycles. The van der Waals surface area contributed by atoms with Crippen LogP contribution in [0.25, 0.3) is 0 Å². The fourth-order valence-electron chi connectivity index (χ4n) is 4.93. The SMILES string of the molecule is CN1C2CCCC1CC(NC(=O)NC1CCN(CC3CC3)C1)C2. The van der Waals surface area contributed by atoms with Crippen LogP contribution in [0.4, 0.5) is 4.79 Å². The van der Waals surface area contributed by atoms with Crippen LogP contribution in [0.1, 0.15) is 51.4 Å². The van der Waals surface area contributed by atoms with Crippen LogP contribution in [0, 0.1) is 5.92 Å². The van der Waals surface area contributed by atoms with E-state index in [4.69, 9.17) is 0 Å². The summed E-state index contributed by atoms with van der Waals surface area (Å²) in [6.07, 6.45) is 10.1. The van der Waals surface area contributed by atoms with E-state index in [1.165, 1.54) is 38.6 Å². The highest BCUT2D eigenvalue weighted by Gasteiger charge is 2.37. The van der Waals surface area contributed by atoms with Crippen LogP contribution < -0.4 is 10.6 Å². The Hall–Kier alpha value is -0.810. The Kier molecular flexibility index (Phi) is 4.50. The van der Waals surface area contributed by atoms with Crippen molar-refractivity contribution < 1.29 is 4.79 Å². The van der Waals surface area contributed by atoms with E-state index in [1.807, 2.05) is 0 Å². The summed E-state index contributed by atoms with van der Waals surface area (Å²) in [6.45, 7) is 3.44. The van der Waals surface area contributed by atoms with Crippen molar-refractivity contribution in [2.45, 2.75) is 75.5 Å². The maximum absolute atomic E-state index is 12.4. The second kappa shape index (κ2) is 6.60. The van der Waals surface area contributed by atoms with Gasteiger partial charge in [0.2, 0.25) is 0 Å². The first-order valence-corrected chi connectivity index (χ1v) is 9.68. The molecule has 3 aliphatic heterocycles. The Labute approximate surface area is 140 Å². The average molecular weight is 320 g/mol. The first kappa shape index (κ1) is 15.7. The summed E-state index contributed by atoms with van der Waals surface area (Å²) in [5, 5.41) is 6.49. The molecule has 1 saturated carbocycles. The molecule has 1 aliphatic carbocycles. The lowest BCUT2D eigenvalue weighted by atomic mass is 9.82. The highest BCUT2D eigenvalue weighted by molar-refractivity contribution is 5.74. The van der Waals surface area contributed by atoms with Gasteiger partial charge in [0.05, 0.1) is 0 Å². The third kappa shape index (κ3) is 3.82. The molecule has 23 heavy (non-hydrogen) atoms. The molecule has 3 saturated heterocycles. The van der Waals surface area contributed by atoms with Crippen LogP contribution in [-0.4, -0.2) is 66.7 Å². The van der Waals surface area contributed by atoms with Gasteiger partial charge in [-0.3, -0.25) is 0 Å². The van der Waals surface area contributed by atoms with Gasteiger partial charge in [-0.2, -0.15) is 0 Å². The number of amides is 2. The van der Waals surface area contributed by atoms with Crippen molar-refractivity contribution in [1.82, 2.24) is 20.4 Å². The Morgan fingerprint density at radius 3 is 2.39 bits per heavy atom. The zero-order valence-corrected chi connectivity index (χ0v) is 14.5. The molecule has 0 aromatic carbocycles. The Morgan fingerprint density at radius 1 is 1.00 bits per heavy atom. The molecule has 0 aromatic heterocycles. The van der Waals surface area contributed by atoms with Gasteiger partial charge in [-0.1, -0.05) is 6.42 Å². The second-order valence-electron chi connectivity index (χ2n) is 8.38. The molecule has 0 radical (unpaired) electrons. The minimum Gasteiger partial charge on any atom is -0.335 e. The molecule has 4 fully saturated rings. The third-order valence-electron chi connectivity index (χ3n) is 6.50. The van der Waals surface area contributed by atoms with E-state index >= 15 is 0 Å². The van der Waals surface area contributed by atoms with Crippen LogP contribution in [0.5, 0.6) is 0 Å². The lowest BCUT2D eigenvalue weighted by Crippen LogP contribution is -2.57. The fraction of sp³-hybridized carbons (Fsp3) is 0.944. The van der Waals surface area contributed by atoms with Crippen molar-refractivity contribution in [1.29, 1.82) is 0 Å². The zero-order chi connectivity index (χ0) is 15.8. The van der Waals surface area contributed by atoms with Crippen LogP contribution in [0.15, 0.2) is 0 Å². The number of urea groups is 1. The van der Waals surface area contributed by atoms with Crippen molar-refractivity contribution in [3.05, 3.63) is 0 Å². The van der Waals surface area contributed by atoms with Gasteiger partial charge in [0, 0.05) is 43.8 Å². The highest BCUT2D eigenvalue weighted by atomic mass is 16.2. The largest absolute Gasteiger partial charge is 0.335 e. The molecule has 2 N–H and O–H groups in total. The molecular formula is C18H32N4O. The maximum Gasteiger partial charge on any atom is 0.315 e. The summed E-state index contributed by atoms with van der Waals surface area (Å²) < 4.78 is 0. The highest BCUT2D eigenvalue weighted by Crippen LogP contribution is 2.33. The Morgan fingerprint density at radius 2 is 1.70 bits per heavy atom. The number of likely N-dealkylation sites (tertiary alicyclic amines) is 1. The molecule has 0 spiro atoms. The second-order valence-corrected chi connectivity index (χ2v) is 8.38. The summed E-state index contributed by atoms with van der Waals surface area (Å²) in [5.41, 5.74) is 0. The van der Waals surface area contributed by atoms with E-state index in [2.05, 4.69) is 27.5 Å². The molecule has 4 aliphatic rings. The van der Waals surface area contributed by atoms with Gasteiger partial charge >= 0.3 is 6.03 Å². The molecule has 3 atom stereocenters. The normalized spacial score (nSPS) is 38.5. The van der Waals surface area contributed by atoms with Crippen molar-refractivity contribution in [3.8, 4) is 0 Å². The fourth-order valence-corrected chi connectivity index (χ4v) is 4.93. The molecule has 130 valence electrons. The Bertz CT molecular complexity index is 425. The molecule has 2 bridgehead atoms. The van der Waals surface area contributed by atoms with Crippen LogP contribution in [0.3, 0.4) is 0 Å². The first-order chi connectivity index (χ1) is 11.2. The predicted octanol–water partition coefficient (Wildman–Crippen LogP) is 1.79. The molecule has 2 amide bonds. The van der Waals surface area contributed by atoms with E-state index in [0.717, 1.165) is 38.3 Å². The van der Waals surface area contributed by atoms with E-state index in [9.17, 15) is 4.79 Å². The van der Waals surface area contributed by atoms with Crippen LogP contribution in [-0.2, 0) is 0 Å². The average Bonchev–Trinajstić information content (AvgIpc) is 3.19. The monoisotopic (exact) mass is 320 g/mol. The van der Waals surface area contributed by atoms with Gasteiger partial charge in [-0.05, 0) is 57.9 Å². The molecule has 5 heteroatoms. The van der Waals surface area contributed by atoms with Crippen molar-refractivity contribution in [2.75, 3.05) is 26.7 Å². The smallest absolute Gasteiger partial charge is 0.315 e. The minimum absolute atomic E-state index is 0.0656. The van der Waals surface area contributed by atoms with Crippen molar-refractivity contribution >= 4 is 6.03 Å². The summed E-state index contributed by atoms with van der Waals surface area (Å²) >= 11 is 0. The quantitative estimate of drug-likeness (QED) is 0.830. The number of hydrogen-bond donors (Lipinski definition) is 2. The number of nitrogens with one attached hydrogen (secondary N) is 2. The van der Waals surface area contributed by atoms with Crippen LogP contribution >= 0.6 is 0 Å². The number of carbonyl (C=O) groups is 1. The standard InChI is InChI=1S/C18H32N4O/c1-21-16-3-2-4-17(21)10-15(9-16)20-18(23)19-14-7-8-22(12-14)11-13-5-6-13/h13-17H,2-12H2,1H3,(H2,19,20,23). The number of fused-ring (bicyclic) bond motifs is 2. The van der Waals surface area contributed by atoms with Crippen molar-refractivity contribution in [3.63, 3.8) is 0 Å². The topological polar surface area (TPSA) is 47.6 Å². The third-order valence-corrected chi connectivity index (χ3v) is 6.50. The minimum atomic E-state index is 0.0656. The number of hydrogen-bond acceptors (Lipinski definition) is 3. The van der Waals surface area contributed by atoms with Gasteiger partial charge in [0.25, 0.3) is 0 Å². The van der Waals surface area contributed by atoms with E-state index in [-0.39, 0.29) is 6.03 Å². The van der Waals surface area contributed by atoms with E-state index < -0.39 is 0 Å². The van der Waals surface area contributed by atoms with Gasteiger partial charge in [-0.25, -0.2) is 4.79 Å². The number of nitrogens with zero attached hydrogens (tertiary/aromatic N) is 2. The summed E-state index contributed by atoms with van der Waals surface area (Å²) in [6, 6.07) is 2.13. The van der Waals surface area contributed by atoms with Gasteiger partial charge in [0.15, 0.2) is 0 Å². The zero-order valence-electron chi connectivity index (χ0n) is 14.5. The molecule has 5 nitrogen and oxygen atoms in total. The Balaban J connectivity index is 1.21. The van der Waals surface area contributed by atoms with Gasteiger partial charge in [0.1, 0.15) is 0 Å². The molecule has 3 unspecified atom stereocenters. The van der Waals surface area contributed by atoms with E-state index in [1.54, 1.807) is 0 Å². The predicted molar refractivity (Wildman–Crippen MR) is 91.4 cm³/mol. The van der Waals surface area contributed by atoms with E-state index in [0.29, 0.717) is 24.2 Å². The first-order valence-electron chi connectivity index (χ1n) is 9.68. The van der Waals surface area contributed by atoms with Crippen LogP contribution in [0.2, 0.25) is 0 Å². The summed E-state index contributed by atoms with van der Waals surface area (Å²) in [4.78, 5) is 17.4. The van der Waals surface area contributed by atoms with Gasteiger partial charge < -0.3 is 20.4 Å². The molecular weight excluding hydrogens is 288 g/mol. The van der Waals surface area contributed by atoms with Gasteiger partial charge in [-0.15, -0.1) is 0 Å². The maximum atomic E-state index is 12.4.